The van der Waals surface area contributed by atoms with Crippen LogP contribution in [0.5, 0.6) is 0 Å². The van der Waals surface area contributed by atoms with Crippen LogP contribution in [0.4, 0.5) is 15.9 Å². The van der Waals surface area contributed by atoms with Gasteiger partial charge >= 0.3 is 0 Å². The first kappa shape index (κ1) is 17.2. The minimum atomic E-state index is -0.253. The standard InChI is InChI=1S/C22H21FN4/c1-13-6-5-7-18(12-13)26-21-20-14(2)15(3)27(22(20)25-16(4)24-21)19-10-8-17(23)9-11-19/h5-12H,1-4H3,(H,24,25,26). The molecule has 2 aromatic carbocycles. The first-order valence-corrected chi connectivity index (χ1v) is 8.90. The normalized spacial score (nSPS) is 11.1. The number of anilines is 2. The van der Waals surface area contributed by atoms with Gasteiger partial charge in [0.25, 0.3) is 0 Å². The fourth-order valence-electron chi connectivity index (χ4n) is 3.43. The van der Waals surface area contributed by atoms with E-state index in [-0.39, 0.29) is 5.82 Å². The molecule has 2 aromatic heterocycles. The van der Waals surface area contributed by atoms with Crippen molar-refractivity contribution in [1.29, 1.82) is 0 Å². The Balaban J connectivity index is 1.94. The van der Waals surface area contributed by atoms with Gasteiger partial charge in [-0.15, -0.1) is 0 Å². The molecule has 0 radical (unpaired) electrons. The fourth-order valence-corrected chi connectivity index (χ4v) is 3.43. The lowest BCUT2D eigenvalue weighted by atomic mass is 10.2. The average Bonchev–Trinajstić information content (AvgIpc) is 2.87. The van der Waals surface area contributed by atoms with Gasteiger partial charge in [0.15, 0.2) is 5.65 Å². The van der Waals surface area contributed by atoms with E-state index in [2.05, 4.69) is 40.8 Å². The van der Waals surface area contributed by atoms with Crippen molar-refractivity contribution < 1.29 is 4.39 Å². The van der Waals surface area contributed by atoms with Crippen molar-refractivity contribution >= 4 is 22.5 Å². The number of hydrogen-bond donors (Lipinski definition) is 1. The Morgan fingerprint density at radius 2 is 1.67 bits per heavy atom. The summed E-state index contributed by atoms with van der Waals surface area (Å²) in [6.45, 7) is 8.06. The highest BCUT2D eigenvalue weighted by Crippen LogP contribution is 2.33. The number of nitrogens with one attached hydrogen (secondary N) is 1. The van der Waals surface area contributed by atoms with Gasteiger partial charge in [-0.25, -0.2) is 14.4 Å². The molecule has 0 unspecified atom stereocenters. The molecule has 0 amide bonds. The van der Waals surface area contributed by atoms with E-state index >= 15 is 0 Å². The summed E-state index contributed by atoms with van der Waals surface area (Å²) in [6.07, 6.45) is 0. The summed E-state index contributed by atoms with van der Waals surface area (Å²) in [6, 6.07) is 14.7. The van der Waals surface area contributed by atoms with E-state index in [1.807, 2.05) is 26.0 Å². The summed E-state index contributed by atoms with van der Waals surface area (Å²) in [4.78, 5) is 9.35. The molecule has 0 saturated heterocycles. The molecule has 0 aliphatic carbocycles. The van der Waals surface area contributed by atoms with E-state index in [1.165, 1.54) is 17.7 Å². The van der Waals surface area contributed by atoms with E-state index in [4.69, 9.17) is 4.98 Å². The van der Waals surface area contributed by atoms with Crippen LogP contribution in [0.2, 0.25) is 0 Å². The van der Waals surface area contributed by atoms with Crippen LogP contribution in [0.15, 0.2) is 48.5 Å². The van der Waals surface area contributed by atoms with Crippen LogP contribution in [-0.4, -0.2) is 14.5 Å². The Hall–Kier alpha value is -3.21. The van der Waals surface area contributed by atoms with Gasteiger partial charge < -0.3 is 5.32 Å². The van der Waals surface area contributed by atoms with Crippen LogP contribution in [0, 0.1) is 33.5 Å². The van der Waals surface area contributed by atoms with Crippen molar-refractivity contribution in [2.24, 2.45) is 0 Å². The van der Waals surface area contributed by atoms with E-state index in [1.54, 1.807) is 12.1 Å². The largest absolute Gasteiger partial charge is 0.340 e. The number of aryl methyl sites for hydroxylation is 3. The summed E-state index contributed by atoms with van der Waals surface area (Å²) >= 11 is 0. The molecule has 1 N–H and O–H groups in total. The topological polar surface area (TPSA) is 42.7 Å². The first-order valence-electron chi connectivity index (χ1n) is 8.90. The number of aromatic nitrogens is 3. The third kappa shape index (κ3) is 3.05. The zero-order valence-electron chi connectivity index (χ0n) is 15.8. The number of rotatable bonds is 3. The SMILES string of the molecule is Cc1cccc(Nc2nc(C)nc3c2c(C)c(C)n3-c2ccc(F)cc2)c1. The molecule has 0 spiro atoms. The molecule has 0 fully saturated rings. The quantitative estimate of drug-likeness (QED) is 0.522. The van der Waals surface area contributed by atoms with Crippen LogP contribution < -0.4 is 5.32 Å². The number of benzene rings is 2. The van der Waals surface area contributed by atoms with Gasteiger partial charge in [-0.1, -0.05) is 12.1 Å². The Morgan fingerprint density at radius 3 is 2.37 bits per heavy atom. The van der Waals surface area contributed by atoms with Gasteiger partial charge in [0.05, 0.1) is 5.39 Å². The molecule has 27 heavy (non-hydrogen) atoms. The fraction of sp³-hybridized carbons (Fsp3) is 0.182. The smallest absolute Gasteiger partial charge is 0.150 e. The second-order valence-corrected chi connectivity index (χ2v) is 6.83. The molecule has 0 atom stereocenters. The molecule has 0 bridgehead atoms. The van der Waals surface area contributed by atoms with Gasteiger partial charge in [-0.2, -0.15) is 0 Å². The summed E-state index contributed by atoms with van der Waals surface area (Å²) in [5.41, 5.74) is 6.03. The molecule has 2 heterocycles. The van der Waals surface area contributed by atoms with E-state index < -0.39 is 0 Å². The lowest BCUT2D eigenvalue weighted by Gasteiger charge is -2.11. The molecule has 4 aromatic rings. The van der Waals surface area contributed by atoms with Crippen LogP contribution in [0.3, 0.4) is 0 Å². The molecule has 0 aliphatic heterocycles. The van der Waals surface area contributed by atoms with Crippen LogP contribution >= 0.6 is 0 Å². The second kappa shape index (κ2) is 6.50. The third-order valence-electron chi connectivity index (χ3n) is 4.83. The molecular weight excluding hydrogens is 339 g/mol. The molecule has 4 nitrogen and oxygen atoms in total. The number of hydrogen-bond acceptors (Lipinski definition) is 3. The second-order valence-electron chi connectivity index (χ2n) is 6.83. The molecule has 0 saturated carbocycles. The lowest BCUT2D eigenvalue weighted by Crippen LogP contribution is -2.02. The Kier molecular flexibility index (Phi) is 4.15. The summed E-state index contributed by atoms with van der Waals surface area (Å²) in [5.74, 6) is 1.21. The summed E-state index contributed by atoms with van der Waals surface area (Å²) in [5, 5.41) is 4.42. The average molecular weight is 360 g/mol. The van der Waals surface area contributed by atoms with Crippen LogP contribution in [-0.2, 0) is 0 Å². The molecule has 136 valence electrons. The zero-order chi connectivity index (χ0) is 19.1. The van der Waals surface area contributed by atoms with Crippen molar-refractivity contribution in [3.8, 4) is 5.69 Å². The van der Waals surface area contributed by atoms with Crippen molar-refractivity contribution in [2.45, 2.75) is 27.7 Å². The lowest BCUT2D eigenvalue weighted by molar-refractivity contribution is 0.627. The first-order chi connectivity index (χ1) is 12.9. The van der Waals surface area contributed by atoms with Crippen molar-refractivity contribution in [3.05, 3.63) is 77.0 Å². The van der Waals surface area contributed by atoms with E-state index in [0.29, 0.717) is 5.82 Å². The van der Waals surface area contributed by atoms with Gasteiger partial charge in [0.1, 0.15) is 17.5 Å². The Labute approximate surface area is 157 Å². The van der Waals surface area contributed by atoms with E-state index in [9.17, 15) is 4.39 Å². The van der Waals surface area contributed by atoms with E-state index in [0.717, 1.165) is 39.5 Å². The van der Waals surface area contributed by atoms with Gasteiger partial charge in [0, 0.05) is 17.1 Å². The summed E-state index contributed by atoms with van der Waals surface area (Å²) in [7, 11) is 0. The maximum Gasteiger partial charge on any atom is 0.150 e. The van der Waals surface area contributed by atoms with Crippen LogP contribution in [0.1, 0.15) is 22.6 Å². The van der Waals surface area contributed by atoms with Crippen molar-refractivity contribution in [1.82, 2.24) is 14.5 Å². The predicted molar refractivity (Wildman–Crippen MR) is 107 cm³/mol. The van der Waals surface area contributed by atoms with Crippen molar-refractivity contribution in [3.63, 3.8) is 0 Å². The third-order valence-corrected chi connectivity index (χ3v) is 4.83. The summed E-state index contributed by atoms with van der Waals surface area (Å²) < 4.78 is 15.4. The van der Waals surface area contributed by atoms with Gasteiger partial charge in [0.2, 0.25) is 0 Å². The maximum atomic E-state index is 13.4. The molecule has 5 heteroatoms. The number of halogens is 1. The van der Waals surface area contributed by atoms with Gasteiger partial charge in [-0.3, -0.25) is 4.57 Å². The minimum Gasteiger partial charge on any atom is -0.340 e. The monoisotopic (exact) mass is 360 g/mol. The molecular formula is C22H21FN4. The minimum absolute atomic E-state index is 0.253. The molecule has 4 rings (SSSR count). The predicted octanol–water partition coefficient (Wildman–Crippen LogP) is 5.54. The Morgan fingerprint density at radius 1 is 0.926 bits per heavy atom. The van der Waals surface area contributed by atoms with Gasteiger partial charge in [-0.05, 0) is 75.2 Å². The zero-order valence-corrected chi connectivity index (χ0v) is 15.8. The Bertz CT molecular complexity index is 1140. The highest BCUT2D eigenvalue weighted by Gasteiger charge is 2.19. The molecule has 0 aliphatic rings. The maximum absolute atomic E-state index is 13.4. The highest BCUT2D eigenvalue weighted by atomic mass is 19.1. The number of nitrogens with zero attached hydrogens (tertiary/aromatic N) is 3. The van der Waals surface area contributed by atoms with Crippen LogP contribution in [0.25, 0.3) is 16.7 Å². The number of fused-ring (bicyclic) bond motifs is 1. The highest BCUT2D eigenvalue weighted by molar-refractivity contribution is 5.94. The van der Waals surface area contributed by atoms with Crippen molar-refractivity contribution in [2.75, 3.05) is 5.32 Å².